The van der Waals surface area contributed by atoms with Gasteiger partial charge in [0, 0.05) is 19.5 Å². The molecule has 2 aliphatic rings. The molecular formula is C16H30N2O. The number of hydrogen-bond donors (Lipinski definition) is 1. The van der Waals surface area contributed by atoms with Gasteiger partial charge in [0.1, 0.15) is 0 Å². The Morgan fingerprint density at radius 1 is 1.21 bits per heavy atom. The van der Waals surface area contributed by atoms with E-state index in [1.165, 1.54) is 38.5 Å². The van der Waals surface area contributed by atoms with E-state index in [4.69, 9.17) is 5.73 Å². The minimum atomic E-state index is -0.0815. The van der Waals surface area contributed by atoms with Crippen molar-refractivity contribution in [3.63, 3.8) is 0 Å². The maximum atomic E-state index is 12.5. The Morgan fingerprint density at radius 3 is 2.63 bits per heavy atom. The minimum Gasteiger partial charge on any atom is -0.336 e. The zero-order valence-electron chi connectivity index (χ0n) is 12.5. The van der Waals surface area contributed by atoms with Crippen molar-refractivity contribution in [3.8, 4) is 0 Å². The van der Waals surface area contributed by atoms with Crippen molar-refractivity contribution in [2.24, 2.45) is 11.7 Å². The Kier molecular flexibility index (Phi) is 5.26. The topological polar surface area (TPSA) is 46.3 Å². The average Bonchev–Trinajstić information content (AvgIpc) is 2.46. The number of nitrogens with two attached hydrogens (primary N) is 1. The number of nitrogens with zero attached hydrogens (tertiary/aromatic N) is 1. The molecule has 110 valence electrons. The van der Waals surface area contributed by atoms with E-state index in [0.717, 1.165) is 38.1 Å². The summed E-state index contributed by atoms with van der Waals surface area (Å²) in [6.45, 7) is 3.67. The molecule has 1 saturated heterocycles. The van der Waals surface area contributed by atoms with E-state index >= 15 is 0 Å². The molecule has 1 aliphatic carbocycles. The van der Waals surface area contributed by atoms with Gasteiger partial charge in [0.15, 0.2) is 0 Å². The van der Waals surface area contributed by atoms with Gasteiger partial charge in [-0.05, 0) is 38.5 Å². The van der Waals surface area contributed by atoms with Crippen molar-refractivity contribution >= 4 is 5.91 Å². The summed E-state index contributed by atoms with van der Waals surface area (Å²) >= 11 is 0. The summed E-state index contributed by atoms with van der Waals surface area (Å²) < 4.78 is 0. The van der Waals surface area contributed by atoms with Crippen LogP contribution in [0, 0.1) is 5.92 Å². The maximum Gasteiger partial charge on any atom is 0.223 e. The highest BCUT2D eigenvalue weighted by Gasteiger charge is 2.36. The molecule has 3 nitrogen and oxygen atoms in total. The molecular weight excluding hydrogens is 236 g/mol. The monoisotopic (exact) mass is 266 g/mol. The Bertz CT molecular complexity index is 299. The van der Waals surface area contributed by atoms with Crippen molar-refractivity contribution in [1.82, 2.24) is 4.90 Å². The zero-order valence-corrected chi connectivity index (χ0v) is 12.5. The van der Waals surface area contributed by atoms with Gasteiger partial charge in [0.25, 0.3) is 0 Å². The summed E-state index contributed by atoms with van der Waals surface area (Å²) in [6, 6.07) is 0. The normalized spacial score (nSPS) is 29.5. The fourth-order valence-electron chi connectivity index (χ4n) is 3.76. The summed E-state index contributed by atoms with van der Waals surface area (Å²) in [5, 5.41) is 0. The number of amides is 1. The molecule has 0 aromatic heterocycles. The average molecular weight is 266 g/mol. The van der Waals surface area contributed by atoms with Gasteiger partial charge in [-0.15, -0.1) is 0 Å². The van der Waals surface area contributed by atoms with Crippen LogP contribution in [0.4, 0.5) is 0 Å². The van der Waals surface area contributed by atoms with Crippen molar-refractivity contribution in [2.75, 3.05) is 13.1 Å². The number of likely N-dealkylation sites (tertiary alicyclic amines) is 1. The van der Waals surface area contributed by atoms with Gasteiger partial charge in [-0.25, -0.2) is 0 Å². The number of hydrogen-bond acceptors (Lipinski definition) is 2. The molecule has 1 atom stereocenters. The molecule has 1 amide bonds. The lowest BCUT2D eigenvalue weighted by Crippen LogP contribution is -2.56. The van der Waals surface area contributed by atoms with E-state index < -0.39 is 0 Å². The van der Waals surface area contributed by atoms with Crippen LogP contribution in [0.25, 0.3) is 0 Å². The fraction of sp³-hybridized carbons (Fsp3) is 0.938. The second-order valence-electron chi connectivity index (χ2n) is 6.75. The molecule has 1 saturated carbocycles. The second-order valence-corrected chi connectivity index (χ2v) is 6.75. The molecule has 0 radical (unpaired) electrons. The van der Waals surface area contributed by atoms with E-state index in [1.54, 1.807) is 0 Å². The van der Waals surface area contributed by atoms with Crippen LogP contribution in [0.15, 0.2) is 0 Å². The number of piperidine rings is 1. The molecule has 1 heterocycles. The summed E-state index contributed by atoms with van der Waals surface area (Å²) in [5.74, 6) is 1.14. The highest BCUT2D eigenvalue weighted by Crippen LogP contribution is 2.30. The molecule has 1 aliphatic heterocycles. The standard InChI is InChI=1S/C16H30N2O/c1-16(13-17)11-5-6-12-18(16)15(19)10-9-14-7-3-2-4-8-14/h14H,2-13,17H2,1H3. The Balaban J connectivity index is 1.83. The van der Waals surface area contributed by atoms with E-state index in [1.807, 2.05) is 0 Å². The minimum absolute atomic E-state index is 0.0815. The van der Waals surface area contributed by atoms with Crippen LogP contribution in [-0.4, -0.2) is 29.4 Å². The lowest BCUT2D eigenvalue weighted by Gasteiger charge is -2.44. The predicted molar refractivity (Wildman–Crippen MR) is 78.8 cm³/mol. The molecule has 3 heteroatoms. The number of carbonyl (C=O) groups is 1. The first-order valence-electron chi connectivity index (χ1n) is 8.16. The van der Waals surface area contributed by atoms with Crippen molar-refractivity contribution in [3.05, 3.63) is 0 Å². The van der Waals surface area contributed by atoms with Gasteiger partial charge in [-0.2, -0.15) is 0 Å². The lowest BCUT2D eigenvalue weighted by molar-refractivity contribution is -0.139. The van der Waals surface area contributed by atoms with Crippen molar-refractivity contribution < 1.29 is 4.79 Å². The van der Waals surface area contributed by atoms with Crippen LogP contribution in [-0.2, 0) is 4.79 Å². The second kappa shape index (κ2) is 6.74. The molecule has 1 unspecified atom stereocenters. The van der Waals surface area contributed by atoms with Gasteiger partial charge in [-0.1, -0.05) is 32.1 Å². The van der Waals surface area contributed by atoms with E-state index in [2.05, 4.69) is 11.8 Å². The SMILES string of the molecule is CC1(CN)CCCCN1C(=O)CCC1CCCCC1. The van der Waals surface area contributed by atoms with Crippen LogP contribution < -0.4 is 5.73 Å². The summed E-state index contributed by atoms with van der Waals surface area (Å²) in [6.07, 6.45) is 12.0. The molecule has 19 heavy (non-hydrogen) atoms. The first-order chi connectivity index (χ1) is 9.15. The smallest absolute Gasteiger partial charge is 0.223 e. The highest BCUT2D eigenvalue weighted by molar-refractivity contribution is 5.77. The summed E-state index contributed by atoms with van der Waals surface area (Å²) in [7, 11) is 0. The first kappa shape index (κ1) is 14.8. The van der Waals surface area contributed by atoms with E-state index in [-0.39, 0.29) is 5.54 Å². The molecule has 0 spiro atoms. The predicted octanol–water partition coefficient (Wildman–Crippen LogP) is 3.08. The molecule has 0 aromatic rings. The molecule has 2 fully saturated rings. The number of rotatable bonds is 4. The third kappa shape index (κ3) is 3.71. The van der Waals surface area contributed by atoms with Crippen LogP contribution >= 0.6 is 0 Å². The van der Waals surface area contributed by atoms with Gasteiger partial charge in [-0.3, -0.25) is 4.79 Å². The summed E-state index contributed by atoms with van der Waals surface area (Å²) in [5.41, 5.74) is 5.83. The number of carbonyl (C=O) groups excluding carboxylic acids is 1. The van der Waals surface area contributed by atoms with Gasteiger partial charge < -0.3 is 10.6 Å². The van der Waals surface area contributed by atoms with Gasteiger partial charge in [0.2, 0.25) is 5.91 Å². The molecule has 0 bridgehead atoms. The lowest BCUT2D eigenvalue weighted by atomic mass is 9.85. The largest absolute Gasteiger partial charge is 0.336 e. The Labute approximate surface area is 117 Å². The van der Waals surface area contributed by atoms with Crippen LogP contribution in [0.1, 0.15) is 71.1 Å². The Morgan fingerprint density at radius 2 is 1.95 bits per heavy atom. The third-order valence-electron chi connectivity index (χ3n) is 5.23. The van der Waals surface area contributed by atoms with Gasteiger partial charge >= 0.3 is 0 Å². The highest BCUT2D eigenvalue weighted by atomic mass is 16.2. The maximum absolute atomic E-state index is 12.5. The fourth-order valence-corrected chi connectivity index (χ4v) is 3.76. The Hall–Kier alpha value is -0.570. The van der Waals surface area contributed by atoms with Crippen molar-refractivity contribution in [2.45, 2.75) is 76.7 Å². The van der Waals surface area contributed by atoms with Crippen LogP contribution in [0.3, 0.4) is 0 Å². The molecule has 2 N–H and O–H groups in total. The van der Waals surface area contributed by atoms with Crippen molar-refractivity contribution in [1.29, 1.82) is 0 Å². The third-order valence-corrected chi connectivity index (χ3v) is 5.23. The van der Waals surface area contributed by atoms with Crippen LogP contribution in [0.2, 0.25) is 0 Å². The molecule has 0 aromatic carbocycles. The van der Waals surface area contributed by atoms with E-state index in [0.29, 0.717) is 12.5 Å². The molecule has 2 rings (SSSR count). The van der Waals surface area contributed by atoms with Gasteiger partial charge in [0.05, 0.1) is 5.54 Å². The van der Waals surface area contributed by atoms with E-state index in [9.17, 15) is 4.79 Å². The quantitative estimate of drug-likeness (QED) is 0.850. The summed E-state index contributed by atoms with van der Waals surface area (Å²) in [4.78, 5) is 14.6. The first-order valence-corrected chi connectivity index (χ1v) is 8.16. The zero-order chi connectivity index (χ0) is 13.7. The van der Waals surface area contributed by atoms with Crippen LogP contribution in [0.5, 0.6) is 0 Å².